The number of hydrogen-bond acceptors (Lipinski definition) is 4. The van der Waals surface area contributed by atoms with Crippen molar-refractivity contribution in [3.05, 3.63) is 65.2 Å². The summed E-state index contributed by atoms with van der Waals surface area (Å²) in [5.74, 6) is 2.66. The van der Waals surface area contributed by atoms with Gasteiger partial charge in [0.2, 0.25) is 0 Å². The zero-order chi connectivity index (χ0) is 23.2. The van der Waals surface area contributed by atoms with Gasteiger partial charge in [-0.3, -0.25) is 4.79 Å². The molecule has 2 aromatic rings. The number of benzene rings is 2. The van der Waals surface area contributed by atoms with Crippen LogP contribution in [-0.4, -0.2) is 54.6 Å². The molecule has 1 N–H and O–H groups in total. The van der Waals surface area contributed by atoms with Gasteiger partial charge in [-0.2, -0.15) is 0 Å². The van der Waals surface area contributed by atoms with E-state index in [1.54, 1.807) is 4.90 Å². The van der Waals surface area contributed by atoms with Gasteiger partial charge >= 0.3 is 6.09 Å². The molecule has 34 heavy (non-hydrogen) atoms. The fourth-order valence-corrected chi connectivity index (χ4v) is 7.10. The predicted molar refractivity (Wildman–Crippen MR) is 131 cm³/mol. The molecule has 2 heterocycles. The molecule has 0 spiro atoms. The second kappa shape index (κ2) is 8.64. The van der Waals surface area contributed by atoms with Crippen LogP contribution in [-0.2, 0) is 4.74 Å². The first-order valence-corrected chi connectivity index (χ1v) is 12.8. The average Bonchev–Trinajstić information content (AvgIpc) is 3.51. The number of carbonyl (C=O) groups excluding carboxylic acids is 2. The number of hydrogen-bond donors (Lipinski definition) is 1. The molecular formula is C28H33N3O3. The number of anilines is 1. The second-order valence-electron chi connectivity index (χ2n) is 10.2. The highest BCUT2D eigenvalue weighted by atomic mass is 16.6. The van der Waals surface area contributed by atoms with Crippen LogP contribution in [0, 0.1) is 17.8 Å². The summed E-state index contributed by atoms with van der Waals surface area (Å²) >= 11 is 0. The maximum absolute atomic E-state index is 13.4. The second-order valence-corrected chi connectivity index (χ2v) is 10.2. The van der Waals surface area contributed by atoms with Crippen LogP contribution in [0.1, 0.15) is 59.6 Å². The third-order valence-corrected chi connectivity index (χ3v) is 8.59. The van der Waals surface area contributed by atoms with Gasteiger partial charge in [-0.05, 0) is 79.2 Å². The molecule has 178 valence electrons. The number of nitrogens with zero attached hydrogens (tertiary/aromatic N) is 2. The molecule has 2 aromatic carbocycles. The van der Waals surface area contributed by atoms with Gasteiger partial charge in [0.05, 0.1) is 12.6 Å². The van der Waals surface area contributed by atoms with Gasteiger partial charge < -0.3 is 19.9 Å². The van der Waals surface area contributed by atoms with Crippen LogP contribution in [0.15, 0.2) is 48.5 Å². The molecule has 2 saturated carbocycles. The van der Waals surface area contributed by atoms with Crippen LogP contribution in [0.3, 0.4) is 0 Å². The molecule has 0 aromatic heterocycles. The van der Waals surface area contributed by atoms with E-state index in [4.69, 9.17) is 4.74 Å². The number of ether oxygens (including phenoxy) is 1. The fourth-order valence-electron chi connectivity index (χ4n) is 7.10. The first-order valence-electron chi connectivity index (χ1n) is 12.8. The van der Waals surface area contributed by atoms with Crippen LogP contribution >= 0.6 is 0 Å². The summed E-state index contributed by atoms with van der Waals surface area (Å²) in [5.41, 5.74) is 4.66. The highest BCUT2D eigenvalue weighted by Gasteiger charge is 2.53. The Morgan fingerprint density at radius 1 is 0.971 bits per heavy atom. The Kier molecular flexibility index (Phi) is 5.47. The highest BCUT2D eigenvalue weighted by molar-refractivity contribution is 5.95. The van der Waals surface area contributed by atoms with Crippen LogP contribution in [0.4, 0.5) is 10.5 Å². The molecule has 4 aliphatic rings. The van der Waals surface area contributed by atoms with Crippen LogP contribution < -0.4 is 5.32 Å². The summed E-state index contributed by atoms with van der Waals surface area (Å²) in [6.45, 7) is 4.30. The van der Waals surface area contributed by atoms with Crippen LogP contribution in [0.25, 0.3) is 0 Å². The van der Waals surface area contributed by atoms with Gasteiger partial charge in [0, 0.05) is 37.4 Å². The number of rotatable bonds is 3. The Bertz CT molecular complexity index is 1080. The maximum Gasteiger partial charge on any atom is 0.409 e. The molecule has 6 heteroatoms. The standard InChI is InChI=1S/C28H33N3O3/c1-2-34-28(33)31-14-12-30(13-15-31)27(32)21-10-11-23-22(17-21)24-19-8-9-20(16-19)25(24)26(29-23)18-6-4-3-5-7-18/h3-7,10-11,17,19-20,24-26,29H,2,8-9,12-16H2,1H3/t19-,20-,24-,25+,26+/m0/s1. The summed E-state index contributed by atoms with van der Waals surface area (Å²) in [6, 6.07) is 17.5. The number of piperazine rings is 1. The summed E-state index contributed by atoms with van der Waals surface area (Å²) in [4.78, 5) is 29.0. The predicted octanol–water partition coefficient (Wildman–Crippen LogP) is 4.90. The van der Waals surface area contributed by atoms with Gasteiger partial charge in [-0.15, -0.1) is 0 Å². The minimum atomic E-state index is -0.287. The lowest BCUT2D eigenvalue weighted by atomic mass is 9.68. The van der Waals surface area contributed by atoms with Crippen molar-refractivity contribution >= 4 is 17.7 Å². The lowest BCUT2D eigenvalue weighted by molar-refractivity contribution is 0.0570. The van der Waals surface area contributed by atoms with Crippen molar-refractivity contribution in [2.75, 3.05) is 38.1 Å². The van der Waals surface area contributed by atoms with E-state index < -0.39 is 0 Å². The number of fused-ring (bicyclic) bond motifs is 7. The van der Waals surface area contributed by atoms with Gasteiger partial charge in [-0.25, -0.2) is 4.79 Å². The molecule has 2 amide bonds. The fraction of sp³-hybridized carbons (Fsp3) is 0.500. The van der Waals surface area contributed by atoms with E-state index >= 15 is 0 Å². The molecule has 0 radical (unpaired) electrons. The topological polar surface area (TPSA) is 61.9 Å². The average molecular weight is 460 g/mol. The van der Waals surface area contributed by atoms with E-state index in [2.05, 4.69) is 47.8 Å². The zero-order valence-corrected chi connectivity index (χ0v) is 19.8. The normalized spacial score (nSPS) is 29.3. The molecular weight excluding hydrogens is 426 g/mol. The minimum absolute atomic E-state index is 0.0659. The van der Waals surface area contributed by atoms with Gasteiger partial charge in [0.15, 0.2) is 0 Å². The Morgan fingerprint density at radius 3 is 2.47 bits per heavy atom. The summed E-state index contributed by atoms with van der Waals surface area (Å²) in [6.07, 6.45) is 3.66. The van der Waals surface area contributed by atoms with Crippen molar-refractivity contribution in [3.63, 3.8) is 0 Å². The van der Waals surface area contributed by atoms with Crippen molar-refractivity contribution in [2.24, 2.45) is 17.8 Å². The number of carbonyl (C=O) groups is 2. The number of amides is 2. The summed E-state index contributed by atoms with van der Waals surface area (Å²) in [5, 5.41) is 3.86. The molecule has 1 saturated heterocycles. The van der Waals surface area contributed by atoms with Crippen molar-refractivity contribution in [2.45, 2.75) is 38.1 Å². The minimum Gasteiger partial charge on any atom is -0.450 e. The van der Waals surface area contributed by atoms with Gasteiger partial charge in [0.1, 0.15) is 0 Å². The first-order chi connectivity index (χ1) is 16.6. The van der Waals surface area contributed by atoms with Crippen LogP contribution in [0.2, 0.25) is 0 Å². The Balaban J connectivity index is 1.24. The third-order valence-electron chi connectivity index (χ3n) is 8.59. The first kappa shape index (κ1) is 21.5. The molecule has 0 unspecified atom stereocenters. The number of nitrogens with one attached hydrogen (secondary N) is 1. The van der Waals surface area contributed by atoms with E-state index in [1.807, 2.05) is 17.9 Å². The van der Waals surface area contributed by atoms with E-state index in [0.717, 1.165) is 17.4 Å². The van der Waals surface area contributed by atoms with Crippen molar-refractivity contribution in [1.82, 2.24) is 9.80 Å². The maximum atomic E-state index is 13.4. The molecule has 2 aliphatic heterocycles. The van der Waals surface area contributed by atoms with Gasteiger partial charge in [0.25, 0.3) is 5.91 Å². The van der Waals surface area contributed by atoms with Gasteiger partial charge in [-0.1, -0.05) is 30.3 Å². The van der Waals surface area contributed by atoms with E-state index in [9.17, 15) is 9.59 Å². The summed E-state index contributed by atoms with van der Waals surface area (Å²) in [7, 11) is 0. The van der Waals surface area contributed by atoms with E-state index in [0.29, 0.717) is 50.7 Å². The lowest BCUT2D eigenvalue weighted by Crippen LogP contribution is -2.50. The SMILES string of the molecule is CCOC(=O)N1CCN(C(=O)c2ccc3c(c2)[C@@H]2[C@H]4CC[C@@H](C4)[C@H]2[C@@H](c2ccccc2)N3)CC1. The van der Waals surface area contributed by atoms with Crippen LogP contribution in [0.5, 0.6) is 0 Å². The Morgan fingerprint density at radius 2 is 1.71 bits per heavy atom. The van der Waals surface area contributed by atoms with E-state index in [-0.39, 0.29) is 12.0 Å². The monoisotopic (exact) mass is 459 g/mol. The molecule has 6 rings (SSSR count). The highest BCUT2D eigenvalue weighted by Crippen LogP contribution is 2.63. The third kappa shape index (κ3) is 3.55. The van der Waals surface area contributed by atoms with Crippen molar-refractivity contribution in [3.8, 4) is 0 Å². The molecule has 5 atom stereocenters. The Hall–Kier alpha value is -3.02. The largest absolute Gasteiger partial charge is 0.450 e. The quantitative estimate of drug-likeness (QED) is 0.709. The molecule has 2 aliphatic carbocycles. The molecule has 3 fully saturated rings. The van der Waals surface area contributed by atoms with Crippen molar-refractivity contribution < 1.29 is 14.3 Å². The zero-order valence-electron chi connectivity index (χ0n) is 19.8. The molecule has 6 nitrogen and oxygen atoms in total. The summed E-state index contributed by atoms with van der Waals surface area (Å²) < 4.78 is 5.11. The lowest BCUT2D eigenvalue weighted by Gasteiger charge is -2.43. The van der Waals surface area contributed by atoms with Crippen molar-refractivity contribution in [1.29, 1.82) is 0 Å². The smallest absolute Gasteiger partial charge is 0.409 e. The molecule has 2 bridgehead atoms. The van der Waals surface area contributed by atoms with E-state index in [1.165, 1.54) is 36.1 Å². The Labute approximate surface area is 201 Å².